The first-order valence-electron chi connectivity index (χ1n) is 7.54. The van der Waals surface area contributed by atoms with Gasteiger partial charge in [-0.05, 0) is 50.2 Å². The van der Waals surface area contributed by atoms with E-state index in [-0.39, 0.29) is 6.61 Å². The molecule has 0 bridgehead atoms. The lowest BCUT2D eigenvalue weighted by atomic mass is 10.1. The molecule has 2 aromatic carbocycles. The second kappa shape index (κ2) is 6.16. The first-order valence-corrected chi connectivity index (χ1v) is 7.54. The molecule has 1 aromatic heterocycles. The zero-order valence-electron chi connectivity index (χ0n) is 13.3. The van der Waals surface area contributed by atoms with Gasteiger partial charge in [-0.2, -0.15) is 0 Å². The predicted molar refractivity (Wildman–Crippen MR) is 90.9 cm³/mol. The molecule has 24 heavy (non-hydrogen) atoms. The third kappa shape index (κ3) is 2.74. The maximum Gasteiger partial charge on any atom is 0.338 e. The van der Waals surface area contributed by atoms with Gasteiger partial charge in [-0.3, -0.25) is 4.79 Å². The summed E-state index contributed by atoms with van der Waals surface area (Å²) in [5.41, 5.74) is 1.24. The van der Waals surface area contributed by atoms with Crippen molar-refractivity contribution in [2.45, 2.75) is 13.8 Å². The van der Waals surface area contributed by atoms with Gasteiger partial charge < -0.3 is 9.72 Å². The molecule has 0 spiro atoms. The lowest BCUT2D eigenvalue weighted by Crippen LogP contribution is -2.33. The number of hydrogen-bond acceptors (Lipinski definition) is 4. The fourth-order valence-electron chi connectivity index (χ4n) is 2.52. The number of aromatic amines is 1. The van der Waals surface area contributed by atoms with E-state index >= 15 is 0 Å². The van der Waals surface area contributed by atoms with Crippen LogP contribution in [0.1, 0.15) is 22.8 Å². The minimum absolute atomic E-state index is 0.281. The van der Waals surface area contributed by atoms with Crippen LogP contribution in [-0.4, -0.2) is 22.1 Å². The van der Waals surface area contributed by atoms with Gasteiger partial charge in [-0.1, -0.05) is 11.6 Å². The molecular formula is C18H16N2O4. The van der Waals surface area contributed by atoms with Crippen LogP contribution < -0.4 is 11.2 Å². The topological polar surface area (TPSA) is 81.2 Å². The minimum Gasteiger partial charge on any atom is -0.462 e. The number of hydrogen-bond donors (Lipinski definition) is 1. The molecule has 0 atom stereocenters. The summed E-state index contributed by atoms with van der Waals surface area (Å²) in [5.74, 6) is -0.445. The van der Waals surface area contributed by atoms with Crippen LogP contribution in [0.2, 0.25) is 0 Å². The Bertz CT molecular complexity index is 1030. The van der Waals surface area contributed by atoms with E-state index in [0.29, 0.717) is 22.2 Å². The van der Waals surface area contributed by atoms with Crippen LogP contribution in [0.15, 0.2) is 52.1 Å². The highest BCUT2D eigenvalue weighted by Gasteiger charge is 2.11. The fraction of sp³-hybridized carbons (Fsp3) is 0.167. The number of aryl methyl sites for hydroxylation is 1. The Kier molecular flexibility index (Phi) is 4.04. The van der Waals surface area contributed by atoms with Gasteiger partial charge in [0.05, 0.1) is 28.8 Å². The summed E-state index contributed by atoms with van der Waals surface area (Å²) in [7, 11) is 0. The molecular weight excluding hydrogens is 308 g/mol. The molecule has 0 aliphatic heterocycles. The maximum atomic E-state index is 12.7. The van der Waals surface area contributed by atoms with E-state index in [1.807, 2.05) is 13.0 Å². The molecule has 0 aliphatic carbocycles. The van der Waals surface area contributed by atoms with E-state index in [2.05, 4.69) is 4.98 Å². The monoisotopic (exact) mass is 324 g/mol. The predicted octanol–water partition coefficient (Wildman–Crippen LogP) is 2.16. The normalized spacial score (nSPS) is 10.8. The molecule has 1 N–H and O–H groups in total. The summed E-state index contributed by atoms with van der Waals surface area (Å²) in [6.07, 6.45) is 0. The van der Waals surface area contributed by atoms with Gasteiger partial charge in [0, 0.05) is 0 Å². The molecule has 0 fully saturated rings. The third-order valence-corrected chi connectivity index (χ3v) is 3.69. The average molecular weight is 324 g/mol. The van der Waals surface area contributed by atoms with Gasteiger partial charge in [0.15, 0.2) is 0 Å². The number of benzene rings is 2. The Labute approximate surface area is 137 Å². The highest BCUT2D eigenvalue weighted by Crippen LogP contribution is 2.11. The Hall–Kier alpha value is -3.15. The summed E-state index contributed by atoms with van der Waals surface area (Å²) in [6.45, 7) is 3.88. The van der Waals surface area contributed by atoms with E-state index < -0.39 is 17.2 Å². The van der Waals surface area contributed by atoms with Crippen LogP contribution in [0.5, 0.6) is 0 Å². The summed E-state index contributed by atoms with van der Waals surface area (Å²) >= 11 is 0. The number of H-pyrrole nitrogens is 1. The molecule has 3 rings (SSSR count). The van der Waals surface area contributed by atoms with Crippen LogP contribution in [0.3, 0.4) is 0 Å². The Morgan fingerprint density at radius 2 is 1.83 bits per heavy atom. The molecule has 0 aliphatic rings. The van der Waals surface area contributed by atoms with Crippen LogP contribution >= 0.6 is 0 Å². The van der Waals surface area contributed by atoms with Crippen molar-refractivity contribution in [3.8, 4) is 5.69 Å². The van der Waals surface area contributed by atoms with Gasteiger partial charge in [-0.25, -0.2) is 14.2 Å². The van der Waals surface area contributed by atoms with Crippen molar-refractivity contribution in [2.24, 2.45) is 0 Å². The van der Waals surface area contributed by atoms with Crippen LogP contribution in [0, 0.1) is 6.92 Å². The van der Waals surface area contributed by atoms with E-state index in [9.17, 15) is 14.4 Å². The Morgan fingerprint density at radius 3 is 2.50 bits per heavy atom. The number of aromatic nitrogens is 2. The number of nitrogens with zero attached hydrogens (tertiary/aromatic N) is 1. The molecule has 0 saturated heterocycles. The molecule has 1 heterocycles. The van der Waals surface area contributed by atoms with Crippen molar-refractivity contribution < 1.29 is 9.53 Å². The van der Waals surface area contributed by atoms with Crippen molar-refractivity contribution in [2.75, 3.05) is 6.61 Å². The minimum atomic E-state index is -0.528. The summed E-state index contributed by atoms with van der Waals surface area (Å²) in [6, 6.07) is 11.4. The lowest BCUT2D eigenvalue weighted by molar-refractivity contribution is 0.0526. The first kappa shape index (κ1) is 15.7. The van der Waals surface area contributed by atoms with E-state index in [4.69, 9.17) is 4.74 Å². The number of fused-ring (bicyclic) bond motifs is 1. The fourth-order valence-corrected chi connectivity index (χ4v) is 2.52. The van der Waals surface area contributed by atoms with E-state index in [0.717, 1.165) is 10.1 Å². The highest BCUT2D eigenvalue weighted by atomic mass is 16.5. The van der Waals surface area contributed by atoms with Gasteiger partial charge in [0.25, 0.3) is 5.56 Å². The van der Waals surface area contributed by atoms with Crippen molar-refractivity contribution >= 4 is 16.9 Å². The number of rotatable bonds is 3. The number of esters is 1. The molecule has 3 aromatic rings. The Balaban J connectivity index is 2.14. The zero-order valence-corrected chi connectivity index (χ0v) is 13.3. The van der Waals surface area contributed by atoms with Gasteiger partial charge in [0.2, 0.25) is 0 Å². The standard InChI is InChI=1S/C18H16N2O4/c1-3-24-17(22)12-5-7-13(8-6-12)20-16(21)14-10-11(2)4-9-15(14)19-18(20)23/h4-10H,3H2,1-2H3,(H,19,23). The summed E-state index contributed by atoms with van der Waals surface area (Å²) < 4.78 is 5.97. The van der Waals surface area contributed by atoms with Crippen molar-refractivity contribution in [1.82, 2.24) is 9.55 Å². The SMILES string of the molecule is CCOC(=O)c1ccc(-n2c(=O)[nH]c3ccc(C)cc3c2=O)cc1. The second-order valence-electron chi connectivity index (χ2n) is 5.39. The zero-order chi connectivity index (χ0) is 17.3. The van der Waals surface area contributed by atoms with Crippen LogP contribution in [-0.2, 0) is 4.74 Å². The van der Waals surface area contributed by atoms with E-state index in [1.165, 1.54) is 12.1 Å². The number of nitrogens with one attached hydrogen (secondary N) is 1. The number of carbonyl (C=O) groups excluding carboxylic acids is 1. The lowest BCUT2D eigenvalue weighted by Gasteiger charge is -2.08. The maximum absolute atomic E-state index is 12.7. The molecule has 0 radical (unpaired) electrons. The molecule has 6 heteroatoms. The third-order valence-electron chi connectivity index (χ3n) is 3.69. The molecule has 6 nitrogen and oxygen atoms in total. The number of ether oxygens (including phenoxy) is 1. The average Bonchev–Trinajstić information content (AvgIpc) is 2.56. The van der Waals surface area contributed by atoms with Crippen molar-refractivity contribution in [3.63, 3.8) is 0 Å². The van der Waals surface area contributed by atoms with Crippen LogP contribution in [0.4, 0.5) is 0 Å². The smallest absolute Gasteiger partial charge is 0.338 e. The van der Waals surface area contributed by atoms with Gasteiger partial charge >= 0.3 is 11.7 Å². The van der Waals surface area contributed by atoms with E-state index in [1.54, 1.807) is 31.2 Å². The first-order chi connectivity index (χ1) is 11.5. The van der Waals surface area contributed by atoms with Gasteiger partial charge in [0.1, 0.15) is 0 Å². The van der Waals surface area contributed by atoms with Crippen LogP contribution in [0.25, 0.3) is 16.6 Å². The summed E-state index contributed by atoms with van der Waals surface area (Å²) in [5, 5.41) is 0.434. The van der Waals surface area contributed by atoms with Gasteiger partial charge in [-0.15, -0.1) is 0 Å². The van der Waals surface area contributed by atoms with Crippen molar-refractivity contribution in [1.29, 1.82) is 0 Å². The molecule has 0 saturated carbocycles. The highest BCUT2D eigenvalue weighted by molar-refractivity contribution is 5.89. The quantitative estimate of drug-likeness (QED) is 0.749. The second-order valence-corrected chi connectivity index (χ2v) is 5.39. The molecule has 0 unspecified atom stereocenters. The Morgan fingerprint density at radius 1 is 1.12 bits per heavy atom. The molecule has 122 valence electrons. The number of carbonyl (C=O) groups is 1. The largest absolute Gasteiger partial charge is 0.462 e. The summed E-state index contributed by atoms with van der Waals surface area (Å²) in [4.78, 5) is 39.3. The molecule has 0 amide bonds. The van der Waals surface area contributed by atoms with Crippen molar-refractivity contribution in [3.05, 3.63) is 74.4 Å².